The van der Waals surface area contributed by atoms with E-state index in [1.54, 1.807) is 27.8 Å². The van der Waals surface area contributed by atoms with Crippen LogP contribution in [0, 0.1) is 13.8 Å². The minimum Gasteiger partial charge on any atom is -0.464 e. The molecule has 0 aromatic carbocycles. The van der Waals surface area contributed by atoms with Crippen molar-refractivity contribution in [2.24, 2.45) is 0 Å². The number of hydrogen-bond acceptors (Lipinski definition) is 6. The Morgan fingerprint density at radius 3 is 2.50 bits per heavy atom. The van der Waals surface area contributed by atoms with Gasteiger partial charge in [0.05, 0.1) is 6.61 Å². The SMILES string of the molecule is CCOC(=O)C(C)Nc1nc(C)nc(NC)c1C. The molecule has 1 aromatic rings. The molecular formula is C12H20N4O2. The van der Waals surface area contributed by atoms with Crippen molar-refractivity contribution in [2.45, 2.75) is 33.7 Å². The second-order valence-corrected chi connectivity index (χ2v) is 3.96. The first-order chi connectivity index (χ1) is 8.49. The molecule has 0 saturated carbocycles. The fraction of sp³-hybridized carbons (Fsp3) is 0.583. The number of nitrogens with one attached hydrogen (secondary N) is 2. The van der Waals surface area contributed by atoms with Crippen molar-refractivity contribution in [2.75, 3.05) is 24.3 Å². The van der Waals surface area contributed by atoms with Gasteiger partial charge in [-0.1, -0.05) is 0 Å². The summed E-state index contributed by atoms with van der Waals surface area (Å²) in [4.78, 5) is 20.1. The Bertz CT molecular complexity index is 434. The zero-order valence-electron chi connectivity index (χ0n) is 11.5. The lowest BCUT2D eigenvalue weighted by molar-refractivity contribution is -0.143. The maximum absolute atomic E-state index is 11.6. The van der Waals surface area contributed by atoms with Gasteiger partial charge in [0, 0.05) is 12.6 Å². The van der Waals surface area contributed by atoms with Crippen molar-refractivity contribution < 1.29 is 9.53 Å². The van der Waals surface area contributed by atoms with E-state index in [2.05, 4.69) is 20.6 Å². The number of rotatable bonds is 5. The fourth-order valence-corrected chi connectivity index (χ4v) is 1.54. The fourth-order valence-electron chi connectivity index (χ4n) is 1.54. The number of aryl methyl sites for hydroxylation is 1. The van der Waals surface area contributed by atoms with Crippen LogP contribution in [0.15, 0.2) is 0 Å². The molecule has 0 spiro atoms. The Morgan fingerprint density at radius 2 is 1.94 bits per heavy atom. The van der Waals surface area contributed by atoms with Crippen molar-refractivity contribution in [3.05, 3.63) is 11.4 Å². The quantitative estimate of drug-likeness (QED) is 0.773. The number of aromatic nitrogens is 2. The number of carbonyl (C=O) groups is 1. The lowest BCUT2D eigenvalue weighted by Crippen LogP contribution is -2.29. The van der Waals surface area contributed by atoms with E-state index < -0.39 is 6.04 Å². The van der Waals surface area contributed by atoms with E-state index in [0.717, 1.165) is 11.4 Å². The molecule has 2 N–H and O–H groups in total. The van der Waals surface area contributed by atoms with Crippen molar-refractivity contribution >= 4 is 17.6 Å². The van der Waals surface area contributed by atoms with E-state index in [1.165, 1.54) is 0 Å². The summed E-state index contributed by atoms with van der Waals surface area (Å²) in [6, 6.07) is -0.442. The lowest BCUT2D eigenvalue weighted by atomic mass is 10.2. The van der Waals surface area contributed by atoms with Crippen molar-refractivity contribution in [1.29, 1.82) is 0 Å². The third-order valence-corrected chi connectivity index (χ3v) is 2.49. The molecule has 1 unspecified atom stereocenters. The van der Waals surface area contributed by atoms with Crippen LogP contribution in [-0.2, 0) is 9.53 Å². The molecule has 100 valence electrons. The van der Waals surface area contributed by atoms with Crippen LogP contribution in [0.3, 0.4) is 0 Å². The van der Waals surface area contributed by atoms with Crippen LogP contribution in [0.4, 0.5) is 11.6 Å². The summed E-state index contributed by atoms with van der Waals surface area (Å²) in [5.41, 5.74) is 0.874. The molecule has 0 aliphatic rings. The molecule has 0 saturated heterocycles. The van der Waals surface area contributed by atoms with Crippen LogP contribution < -0.4 is 10.6 Å². The van der Waals surface area contributed by atoms with Crippen molar-refractivity contribution in [3.8, 4) is 0 Å². The summed E-state index contributed by atoms with van der Waals surface area (Å²) in [5.74, 6) is 1.75. The van der Waals surface area contributed by atoms with Gasteiger partial charge in [-0.2, -0.15) is 0 Å². The van der Waals surface area contributed by atoms with Gasteiger partial charge in [-0.25, -0.2) is 14.8 Å². The first kappa shape index (κ1) is 14.2. The summed E-state index contributed by atoms with van der Waals surface area (Å²) in [6.45, 7) is 7.60. The van der Waals surface area contributed by atoms with Gasteiger partial charge < -0.3 is 15.4 Å². The van der Waals surface area contributed by atoms with Crippen LogP contribution >= 0.6 is 0 Å². The molecule has 1 rings (SSSR count). The summed E-state index contributed by atoms with van der Waals surface area (Å²) in [5, 5.41) is 6.04. The van der Waals surface area contributed by atoms with Crippen LogP contribution in [0.25, 0.3) is 0 Å². The average molecular weight is 252 g/mol. The highest BCUT2D eigenvalue weighted by Gasteiger charge is 2.16. The molecule has 18 heavy (non-hydrogen) atoms. The number of ether oxygens (including phenoxy) is 1. The third-order valence-electron chi connectivity index (χ3n) is 2.49. The number of carbonyl (C=O) groups excluding carboxylic acids is 1. The zero-order chi connectivity index (χ0) is 13.7. The summed E-state index contributed by atoms with van der Waals surface area (Å²) >= 11 is 0. The maximum atomic E-state index is 11.6. The van der Waals surface area contributed by atoms with Gasteiger partial charge in [0.15, 0.2) is 0 Å². The highest BCUT2D eigenvalue weighted by molar-refractivity contribution is 5.79. The number of esters is 1. The van der Waals surface area contributed by atoms with Crippen LogP contribution in [0.1, 0.15) is 25.2 Å². The first-order valence-electron chi connectivity index (χ1n) is 5.95. The van der Waals surface area contributed by atoms with E-state index in [1.807, 2.05) is 6.92 Å². The second kappa shape index (κ2) is 6.18. The van der Waals surface area contributed by atoms with E-state index in [4.69, 9.17) is 4.74 Å². The molecule has 6 nitrogen and oxygen atoms in total. The van der Waals surface area contributed by atoms with Gasteiger partial charge in [0.2, 0.25) is 0 Å². The van der Waals surface area contributed by atoms with E-state index in [-0.39, 0.29) is 5.97 Å². The molecule has 6 heteroatoms. The predicted octanol–water partition coefficient (Wildman–Crippen LogP) is 1.50. The number of hydrogen-bond donors (Lipinski definition) is 2. The van der Waals surface area contributed by atoms with E-state index in [9.17, 15) is 4.79 Å². The minimum atomic E-state index is -0.442. The molecule has 0 fully saturated rings. The molecule has 0 aliphatic carbocycles. The van der Waals surface area contributed by atoms with Gasteiger partial charge in [0.1, 0.15) is 23.5 Å². The topological polar surface area (TPSA) is 76.1 Å². The molecule has 0 amide bonds. The second-order valence-electron chi connectivity index (χ2n) is 3.96. The normalized spacial score (nSPS) is 11.8. The molecule has 1 atom stereocenters. The van der Waals surface area contributed by atoms with Crippen molar-refractivity contribution in [1.82, 2.24) is 9.97 Å². The standard InChI is InChI=1S/C12H20N4O2/c1-6-18-12(17)8(3)14-11-7(2)10(13-5)15-9(4)16-11/h8H,6H2,1-5H3,(H2,13,14,15,16). The smallest absolute Gasteiger partial charge is 0.328 e. The zero-order valence-corrected chi connectivity index (χ0v) is 11.5. The molecule has 1 aromatic heterocycles. The Morgan fingerprint density at radius 1 is 1.33 bits per heavy atom. The Labute approximate surface area is 107 Å². The highest BCUT2D eigenvalue weighted by Crippen LogP contribution is 2.20. The minimum absolute atomic E-state index is 0.292. The molecule has 0 aliphatic heterocycles. The maximum Gasteiger partial charge on any atom is 0.328 e. The van der Waals surface area contributed by atoms with Crippen LogP contribution in [0.2, 0.25) is 0 Å². The summed E-state index contributed by atoms with van der Waals surface area (Å²) in [7, 11) is 1.80. The average Bonchev–Trinajstić information content (AvgIpc) is 2.33. The van der Waals surface area contributed by atoms with Crippen LogP contribution in [-0.4, -0.2) is 35.6 Å². The van der Waals surface area contributed by atoms with Crippen molar-refractivity contribution in [3.63, 3.8) is 0 Å². The van der Waals surface area contributed by atoms with Gasteiger partial charge in [0.25, 0.3) is 0 Å². The predicted molar refractivity (Wildman–Crippen MR) is 70.8 cm³/mol. The first-order valence-corrected chi connectivity index (χ1v) is 5.95. The highest BCUT2D eigenvalue weighted by atomic mass is 16.5. The molecule has 0 bridgehead atoms. The number of nitrogens with zero attached hydrogens (tertiary/aromatic N) is 2. The Kier molecular flexibility index (Phi) is 4.88. The largest absolute Gasteiger partial charge is 0.464 e. The monoisotopic (exact) mass is 252 g/mol. The van der Waals surface area contributed by atoms with E-state index >= 15 is 0 Å². The van der Waals surface area contributed by atoms with Gasteiger partial charge in [-0.05, 0) is 27.7 Å². The van der Waals surface area contributed by atoms with Gasteiger partial charge >= 0.3 is 5.97 Å². The van der Waals surface area contributed by atoms with Gasteiger partial charge in [-0.15, -0.1) is 0 Å². The number of anilines is 2. The van der Waals surface area contributed by atoms with Crippen LogP contribution in [0.5, 0.6) is 0 Å². The lowest BCUT2D eigenvalue weighted by Gasteiger charge is -2.16. The molecule has 1 heterocycles. The third kappa shape index (κ3) is 3.32. The summed E-state index contributed by atoms with van der Waals surface area (Å²) in [6.07, 6.45) is 0. The Hall–Kier alpha value is -1.85. The molecule has 0 radical (unpaired) electrons. The summed E-state index contributed by atoms with van der Waals surface area (Å²) < 4.78 is 4.94. The van der Waals surface area contributed by atoms with E-state index in [0.29, 0.717) is 18.2 Å². The van der Waals surface area contributed by atoms with Gasteiger partial charge in [-0.3, -0.25) is 0 Å². The molecular weight excluding hydrogens is 232 g/mol. The Balaban J connectivity index is 2.90.